The lowest BCUT2D eigenvalue weighted by molar-refractivity contribution is -0.136. The summed E-state index contributed by atoms with van der Waals surface area (Å²) in [7, 11) is 0. The average Bonchev–Trinajstić information content (AvgIpc) is 3.17. The quantitative estimate of drug-likeness (QED) is 0.303. The van der Waals surface area contributed by atoms with Gasteiger partial charge in [-0.05, 0) is 41.0 Å². The molecule has 0 saturated carbocycles. The maximum absolute atomic E-state index is 13.7. The topological polar surface area (TPSA) is 43.8 Å². The van der Waals surface area contributed by atoms with Gasteiger partial charge >= 0.3 is 6.18 Å². The summed E-state index contributed by atoms with van der Waals surface area (Å²) in [6.07, 6.45) is -4.49. The number of benzene rings is 4. The Balaban J connectivity index is 1.72. The molecule has 0 aliphatic carbocycles. The fourth-order valence-corrected chi connectivity index (χ4v) is 4.08. The van der Waals surface area contributed by atoms with Crippen molar-refractivity contribution in [3.63, 3.8) is 0 Å². The molecule has 1 aromatic heterocycles. The largest absolute Gasteiger partial charge is 0.418 e. The number of hydrogen-bond acceptors (Lipinski definition) is 2. The lowest BCUT2D eigenvalue weighted by Crippen LogP contribution is -2.06. The first kappa shape index (κ1) is 20.8. The predicted octanol–water partition coefficient (Wildman–Crippen LogP) is 7.02. The number of aromatic nitrogens is 2. The van der Waals surface area contributed by atoms with E-state index in [2.05, 4.69) is 5.10 Å². The zero-order valence-electron chi connectivity index (χ0n) is 17.6. The third-order valence-corrected chi connectivity index (χ3v) is 5.63. The maximum Gasteiger partial charge on any atom is 0.418 e. The van der Waals surface area contributed by atoms with Gasteiger partial charge in [0.25, 0.3) is 0 Å². The Morgan fingerprint density at radius 1 is 0.727 bits per heavy atom. The van der Waals surface area contributed by atoms with Gasteiger partial charge < -0.3 is 5.73 Å². The van der Waals surface area contributed by atoms with Gasteiger partial charge in [-0.15, -0.1) is 0 Å². The summed E-state index contributed by atoms with van der Waals surface area (Å²) in [5.74, 6) is 0. The fourth-order valence-electron chi connectivity index (χ4n) is 4.08. The molecule has 5 aromatic rings. The lowest BCUT2D eigenvalue weighted by atomic mass is 9.99. The number of rotatable bonds is 4. The summed E-state index contributed by atoms with van der Waals surface area (Å²) in [5.41, 5.74) is 10.0. The van der Waals surface area contributed by atoms with Crippen molar-refractivity contribution in [2.24, 2.45) is 0 Å². The third-order valence-electron chi connectivity index (χ3n) is 5.63. The van der Waals surface area contributed by atoms with Crippen LogP contribution in [-0.2, 0) is 12.7 Å². The molecule has 1 heterocycles. The van der Waals surface area contributed by atoms with Crippen LogP contribution in [0, 0.1) is 0 Å². The Kier molecular flexibility index (Phi) is 5.13. The number of fused-ring (bicyclic) bond motifs is 1. The molecule has 6 heteroatoms. The van der Waals surface area contributed by atoms with E-state index in [9.17, 15) is 13.2 Å². The van der Waals surface area contributed by atoms with Gasteiger partial charge in [-0.2, -0.15) is 18.3 Å². The van der Waals surface area contributed by atoms with E-state index in [1.165, 1.54) is 6.07 Å². The highest BCUT2D eigenvalue weighted by molar-refractivity contribution is 5.96. The Bertz CT molecular complexity index is 1420. The number of hydrogen-bond donors (Lipinski definition) is 1. The predicted molar refractivity (Wildman–Crippen MR) is 126 cm³/mol. The summed E-state index contributed by atoms with van der Waals surface area (Å²) >= 11 is 0. The van der Waals surface area contributed by atoms with Crippen LogP contribution in [0.4, 0.5) is 18.9 Å². The van der Waals surface area contributed by atoms with Crippen molar-refractivity contribution in [1.29, 1.82) is 0 Å². The standard InChI is InChI=1S/C27H20F3N3/c28-27(29,30)24-11-5-10-23-25(24)32-33(17-18-6-2-1-3-7-18)26(23)21-9-4-8-20(16-21)19-12-14-22(31)15-13-19/h1-16H,17,31H2. The first-order chi connectivity index (χ1) is 15.9. The van der Waals surface area contributed by atoms with Gasteiger partial charge in [-0.1, -0.05) is 72.8 Å². The van der Waals surface area contributed by atoms with Crippen LogP contribution in [0.1, 0.15) is 11.1 Å². The Labute approximate surface area is 188 Å². The van der Waals surface area contributed by atoms with Crippen molar-refractivity contribution in [3.05, 3.63) is 108 Å². The van der Waals surface area contributed by atoms with E-state index in [1.54, 1.807) is 10.7 Å². The Morgan fingerprint density at radius 2 is 1.42 bits per heavy atom. The van der Waals surface area contributed by atoms with E-state index in [0.29, 0.717) is 23.3 Å². The van der Waals surface area contributed by atoms with E-state index in [4.69, 9.17) is 5.73 Å². The van der Waals surface area contributed by atoms with Crippen LogP contribution in [0.15, 0.2) is 97.1 Å². The second-order valence-electron chi connectivity index (χ2n) is 7.89. The van der Waals surface area contributed by atoms with E-state index in [0.717, 1.165) is 28.3 Å². The van der Waals surface area contributed by atoms with Gasteiger partial charge in [0.05, 0.1) is 17.8 Å². The first-order valence-electron chi connectivity index (χ1n) is 10.5. The van der Waals surface area contributed by atoms with Crippen LogP contribution in [0.25, 0.3) is 33.3 Å². The Morgan fingerprint density at radius 3 is 2.15 bits per heavy atom. The van der Waals surface area contributed by atoms with E-state index < -0.39 is 11.7 Å². The summed E-state index contributed by atoms with van der Waals surface area (Å²) in [5, 5.41) is 4.91. The van der Waals surface area contributed by atoms with Crippen molar-refractivity contribution in [3.8, 4) is 22.4 Å². The SMILES string of the molecule is Nc1ccc(-c2cccc(-c3c4cccc(C(F)(F)F)c4nn3Cc3ccccc3)c2)cc1. The summed E-state index contributed by atoms with van der Waals surface area (Å²) < 4.78 is 42.9. The minimum Gasteiger partial charge on any atom is -0.399 e. The van der Waals surface area contributed by atoms with Gasteiger partial charge in [0.2, 0.25) is 0 Å². The molecule has 0 aliphatic rings. The molecule has 0 bridgehead atoms. The van der Waals surface area contributed by atoms with Crippen LogP contribution in [-0.4, -0.2) is 9.78 Å². The molecule has 4 aromatic carbocycles. The van der Waals surface area contributed by atoms with Crippen LogP contribution >= 0.6 is 0 Å². The summed E-state index contributed by atoms with van der Waals surface area (Å²) in [6, 6.07) is 29.1. The van der Waals surface area contributed by atoms with Gasteiger partial charge in [0.15, 0.2) is 0 Å². The van der Waals surface area contributed by atoms with Gasteiger partial charge in [-0.25, -0.2) is 0 Å². The number of nitrogens with two attached hydrogens (primary N) is 1. The minimum absolute atomic E-state index is 0.0474. The highest BCUT2D eigenvalue weighted by atomic mass is 19.4. The molecule has 0 unspecified atom stereocenters. The number of nitrogen functional groups attached to an aromatic ring is 1. The molecule has 0 atom stereocenters. The summed E-state index contributed by atoms with van der Waals surface area (Å²) in [6.45, 7) is 0.355. The molecule has 33 heavy (non-hydrogen) atoms. The zero-order valence-corrected chi connectivity index (χ0v) is 17.6. The molecule has 3 nitrogen and oxygen atoms in total. The van der Waals surface area contributed by atoms with Gasteiger partial charge in [0, 0.05) is 16.6 Å². The van der Waals surface area contributed by atoms with Crippen molar-refractivity contribution in [2.45, 2.75) is 12.7 Å². The highest BCUT2D eigenvalue weighted by Crippen LogP contribution is 2.39. The van der Waals surface area contributed by atoms with Crippen molar-refractivity contribution in [1.82, 2.24) is 9.78 Å². The number of anilines is 1. The molecular formula is C27H20F3N3. The van der Waals surface area contributed by atoms with E-state index >= 15 is 0 Å². The fraction of sp³-hybridized carbons (Fsp3) is 0.0741. The van der Waals surface area contributed by atoms with Crippen LogP contribution in [0.5, 0.6) is 0 Å². The molecule has 0 radical (unpaired) electrons. The zero-order chi connectivity index (χ0) is 23.0. The average molecular weight is 443 g/mol. The molecule has 0 amide bonds. The second-order valence-corrected chi connectivity index (χ2v) is 7.89. The molecular weight excluding hydrogens is 423 g/mol. The van der Waals surface area contributed by atoms with Crippen molar-refractivity contribution >= 4 is 16.6 Å². The monoisotopic (exact) mass is 443 g/mol. The Hall–Kier alpha value is -4.06. The molecule has 5 rings (SSSR count). The summed E-state index contributed by atoms with van der Waals surface area (Å²) in [4.78, 5) is 0. The molecule has 0 aliphatic heterocycles. The number of alkyl halides is 3. The lowest BCUT2D eigenvalue weighted by Gasteiger charge is -2.11. The molecule has 2 N–H and O–H groups in total. The second kappa shape index (κ2) is 8.13. The smallest absolute Gasteiger partial charge is 0.399 e. The first-order valence-corrected chi connectivity index (χ1v) is 10.5. The van der Waals surface area contributed by atoms with Gasteiger partial charge in [0.1, 0.15) is 5.52 Å². The molecule has 0 fully saturated rings. The highest BCUT2D eigenvalue weighted by Gasteiger charge is 2.34. The van der Waals surface area contributed by atoms with Gasteiger partial charge in [-0.3, -0.25) is 4.68 Å². The van der Waals surface area contributed by atoms with Crippen LogP contribution < -0.4 is 5.73 Å². The normalized spacial score (nSPS) is 11.7. The van der Waals surface area contributed by atoms with Crippen molar-refractivity contribution in [2.75, 3.05) is 5.73 Å². The van der Waals surface area contributed by atoms with E-state index in [-0.39, 0.29) is 5.52 Å². The van der Waals surface area contributed by atoms with Crippen molar-refractivity contribution < 1.29 is 13.2 Å². The molecule has 164 valence electrons. The van der Waals surface area contributed by atoms with Crippen LogP contribution in [0.2, 0.25) is 0 Å². The number of nitrogens with zero attached hydrogens (tertiary/aromatic N) is 2. The minimum atomic E-state index is -4.49. The van der Waals surface area contributed by atoms with E-state index in [1.807, 2.05) is 78.9 Å². The third kappa shape index (κ3) is 4.07. The molecule has 0 spiro atoms. The van der Waals surface area contributed by atoms with Crippen LogP contribution in [0.3, 0.4) is 0 Å². The maximum atomic E-state index is 13.7. The number of halogens is 3. The molecule has 0 saturated heterocycles.